The zero-order valence-electron chi connectivity index (χ0n) is 15.0. The molecule has 0 bridgehead atoms. The van der Waals surface area contributed by atoms with Gasteiger partial charge in [-0.25, -0.2) is 8.42 Å². The molecule has 0 spiro atoms. The summed E-state index contributed by atoms with van der Waals surface area (Å²) in [5.41, 5.74) is 0.575. The van der Waals surface area contributed by atoms with Crippen LogP contribution in [0.4, 0.5) is 11.4 Å². The summed E-state index contributed by atoms with van der Waals surface area (Å²) in [5, 5.41) is 2.97. The topological polar surface area (TPSA) is 84.5 Å². The van der Waals surface area contributed by atoms with Crippen LogP contribution in [0.25, 0.3) is 0 Å². The number of rotatable bonds is 6. The summed E-state index contributed by atoms with van der Waals surface area (Å²) in [7, 11) is -2.63. The number of carbonyl (C=O) groups excluding carboxylic acids is 1. The average Bonchev–Trinajstić information content (AvgIpc) is 3.10. The number of methoxy groups -OCH3 is 1. The minimum Gasteiger partial charge on any atom is -0.495 e. The van der Waals surface area contributed by atoms with Crippen LogP contribution in [0.1, 0.15) is 14.5 Å². The molecule has 0 fully saturated rings. The van der Waals surface area contributed by atoms with Gasteiger partial charge in [-0.15, -0.1) is 11.3 Å². The van der Waals surface area contributed by atoms with Crippen molar-refractivity contribution >= 4 is 50.2 Å². The van der Waals surface area contributed by atoms with Gasteiger partial charge in [-0.05, 0) is 49.4 Å². The molecule has 0 aliphatic rings. The van der Waals surface area contributed by atoms with Crippen molar-refractivity contribution in [2.45, 2.75) is 11.8 Å². The first-order valence-electron chi connectivity index (χ1n) is 8.13. The van der Waals surface area contributed by atoms with E-state index in [-0.39, 0.29) is 27.3 Å². The van der Waals surface area contributed by atoms with E-state index in [9.17, 15) is 13.2 Å². The molecule has 3 aromatic rings. The van der Waals surface area contributed by atoms with Crippen molar-refractivity contribution in [3.05, 3.63) is 69.4 Å². The van der Waals surface area contributed by atoms with Crippen LogP contribution in [-0.4, -0.2) is 21.4 Å². The van der Waals surface area contributed by atoms with Crippen molar-refractivity contribution in [3.63, 3.8) is 0 Å². The number of thiophene rings is 1. The van der Waals surface area contributed by atoms with Gasteiger partial charge in [0.2, 0.25) is 0 Å². The van der Waals surface area contributed by atoms with Crippen molar-refractivity contribution in [3.8, 4) is 5.75 Å². The Bertz CT molecular complexity index is 1130. The molecule has 28 heavy (non-hydrogen) atoms. The van der Waals surface area contributed by atoms with Crippen LogP contribution in [0.15, 0.2) is 59.5 Å². The van der Waals surface area contributed by atoms with Crippen LogP contribution < -0.4 is 14.8 Å². The maximum absolute atomic E-state index is 12.9. The van der Waals surface area contributed by atoms with Crippen molar-refractivity contribution in [2.75, 3.05) is 17.1 Å². The molecule has 6 nitrogen and oxygen atoms in total. The molecule has 0 unspecified atom stereocenters. The molecule has 2 aromatic carbocycles. The van der Waals surface area contributed by atoms with Gasteiger partial charge in [0.15, 0.2) is 0 Å². The predicted octanol–water partition coefficient (Wildman–Crippen LogP) is 4.77. The van der Waals surface area contributed by atoms with Crippen LogP contribution >= 0.6 is 22.9 Å². The zero-order chi connectivity index (χ0) is 20.3. The van der Waals surface area contributed by atoms with Gasteiger partial charge >= 0.3 is 0 Å². The summed E-state index contributed by atoms with van der Waals surface area (Å²) in [5.74, 6) is -0.171. The molecule has 0 aliphatic heterocycles. The quantitative estimate of drug-likeness (QED) is 0.582. The van der Waals surface area contributed by atoms with Crippen molar-refractivity contribution in [1.82, 2.24) is 0 Å². The molecule has 0 aliphatic carbocycles. The van der Waals surface area contributed by atoms with Gasteiger partial charge in [-0.1, -0.05) is 23.7 Å². The third-order valence-corrected chi connectivity index (χ3v) is 6.51. The predicted molar refractivity (Wildman–Crippen MR) is 112 cm³/mol. The molecule has 0 radical (unpaired) electrons. The molecule has 2 N–H and O–H groups in total. The fourth-order valence-electron chi connectivity index (χ4n) is 2.46. The van der Waals surface area contributed by atoms with E-state index in [1.54, 1.807) is 36.4 Å². The highest BCUT2D eigenvalue weighted by Gasteiger charge is 2.22. The number of sulfonamides is 1. The standard InChI is InChI=1S/C19H17ClN2O4S2/c1-12-7-10-17(27-12)19(23)21-13-8-9-16(26-2)18(11-13)28(24,25)22-15-6-4-3-5-14(15)20/h3-11,22H,1-2H3,(H,21,23). The van der Waals surface area contributed by atoms with E-state index in [2.05, 4.69) is 10.0 Å². The molecular weight excluding hydrogens is 420 g/mol. The molecule has 0 saturated heterocycles. The molecule has 9 heteroatoms. The fraction of sp³-hybridized carbons (Fsp3) is 0.105. The monoisotopic (exact) mass is 436 g/mol. The highest BCUT2D eigenvalue weighted by molar-refractivity contribution is 7.92. The Morgan fingerprint density at radius 3 is 2.50 bits per heavy atom. The lowest BCUT2D eigenvalue weighted by atomic mass is 10.3. The second-order valence-corrected chi connectivity index (χ2v) is 9.16. The number of hydrogen-bond donors (Lipinski definition) is 2. The van der Waals surface area contributed by atoms with Crippen LogP contribution in [0, 0.1) is 6.92 Å². The fourth-order valence-corrected chi connectivity index (χ4v) is 4.74. The Morgan fingerprint density at radius 1 is 1.11 bits per heavy atom. The van der Waals surface area contributed by atoms with E-state index in [4.69, 9.17) is 16.3 Å². The van der Waals surface area contributed by atoms with Crippen LogP contribution in [-0.2, 0) is 10.0 Å². The first-order chi connectivity index (χ1) is 13.3. The normalized spacial score (nSPS) is 11.1. The Hall–Kier alpha value is -2.55. The summed E-state index contributed by atoms with van der Waals surface area (Å²) in [6.07, 6.45) is 0. The number of benzene rings is 2. The Balaban J connectivity index is 1.92. The highest BCUT2D eigenvalue weighted by Crippen LogP contribution is 2.31. The summed E-state index contributed by atoms with van der Waals surface area (Å²) in [4.78, 5) is 13.8. The molecule has 0 saturated carbocycles. The minimum atomic E-state index is -4.01. The minimum absolute atomic E-state index is 0.116. The maximum Gasteiger partial charge on any atom is 0.265 e. The number of hydrogen-bond acceptors (Lipinski definition) is 5. The maximum atomic E-state index is 12.9. The lowest BCUT2D eigenvalue weighted by Crippen LogP contribution is -2.16. The van der Waals surface area contributed by atoms with Crippen LogP contribution in [0.5, 0.6) is 5.75 Å². The number of para-hydroxylation sites is 1. The molecule has 0 atom stereocenters. The van der Waals surface area contributed by atoms with Gasteiger partial charge in [0, 0.05) is 10.6 Å². The van der Waals surface area contributed by atoms with Crippen LogP contribution in [0.2, 0.25) is 5.02 Å². The number of nitrogens with one attached hydrogen (secondary N) is 2. The van der Waals surface area contributed by atoms with Gasteiger partial charge in [0.1, 0.15) is 10.6 Å². The van der Waals surface area contributed by atoms with E-state index in [1.807, 2.05) is 13.0 Å². The summed E-state index contributed by atoms with van der Waals surface area (Å²) in [6, 6.07) is 14.5. The smallest absolute Gasteiger partial charge is 0.265 e. The molecule has 3 rings (SSSR count). The van der Waals surface area contributed by atoms with Gasteiger partial charge in [0.25, 0.3) is 15.9 Å². The first-order valence-corrected chi connectivity index (χ1v) is 10.8. The number of aryl methyl sites for hydroxylation is 1. The molecular formula is C19H17ClN2O4S2. The third kappa shape index (κ3) is 4.46. The first kappa shape index (κ1) is 20.2. The SMILES string of the molecule is COc1ccc(NC(=O)c2ccc(C)s2)cc1S(=O)(=O)Nc1ccccc1Cl. The lowest BCUT2D eigenvalue weighted by Gasteiger charge is -2.14. The third-order valence-electron chi connectivity index (χ3n) is 3.79. The largest absolute Gasteiger partial charge is 0.495 e. The van der Waals surface area contributed by atoms with Crippen molar-refractivity contribution in [2.24, 2.45) is 0 Å². The molecule has 146 valence electrons. The summed E-state index contributed by atoms with van der Waals surface area (Å²) < 4.78 is 33.4. The van der Waals surface area contributed by atoms with E-state index in [1.165, 1.54) is 30.6 Å². The highest BCUT2D eigenvalue weighted by atomic mass is 35.5. The Morgan fingerprint density at radius 2 is 1.86 bits per heavy atom. The zero-order valence-corrected chi connectivity index (χ0v) is 17.4. The van der Waals surface area contributed by atoms with E-state index in [0.29, 0.717) is 10.6 Å². The number of halogens is 1. The van der Waals surface area contributed by atoms with Crippen molar-refractivity contribution in [1.29, 1.82) is 0 Å². The van der Waals surface area contributed by atoms with Gasteiger partial charge in [0.05, 0.1) is 22.7 Å². The van der Waals surface area contributed by atoms with Crippen LogP contribution in [0.3, 0.4) is 0 Å². The second-order valence-electron chi connectivity index (χ2n) is 5.82. The number of carbonyl (C=O) groups is 1. The van der Waals surface area contributed by atoms with Gasteiger partial charge in [-0.2, -0.15) is 0 Å². The number of anilines is 2. The molecule has 1 heterocycles. The Kier molecular flexibility index (Phi) is 5.93. The molecule has 1 amide bonds. The number of ether oxygens (including phenoxy) is 1. The van der Waals surface area contributed by atoms with E-state index >= 15 is 0 Å². The Labute approximate surface area is 172 Å². The lowest BCUT2D eigenvalue weighted by molar-refractivity contribution is 0.103. The number of amides is 1. The molecule has 1 aromatic heterocycles. The van der Waals surface area contributed by atoms with E-state index in [0.717, 1.165) is 4.88 Å². The summed E-state index contributed by atoms with van der Waals surface area (Å²) >= 11 is 7.40. The second kappa shape index (κ2) is 8.22. The average molecular weight is 437 g/mol. The van der Waals surface area contributed by atoms with Crippen molar-refractivity contribution < 1.29 is 17.9 Å². The van der Waals surface area contributed by atoms with E-state index < -0.39 is 10.0 Å². The van der Waals surface area contributed by atoms with Gasteiger partial charge in [-0.3, -0.25) is 9.52 Å². The van der Waals surface area contributed by atoms with Gasteiger partial charge < -0.3 is 10.1 Å². The summed E-state index contributed by atoms with van der Waals surface area (Å²) in [6.45, 7) is 1.90.